The standard InChI is InChI=1S/C17H20FNO2/c1-3-20-17(21-4-2)16(13-8-6-5-7-9-13)14-10-11-19-12-15(14)18/h5-12,16-17H,3-4H2,1-2H3. The Morgan fingerprint density at radius 3 is 2.29 bits per heavy atom. The number of rotatable bonds is 7. The molecular formula is C17H20FNO2. The van der Waals surface area contributed by atoms with Crippen molar-refractivity contribution < 1.29 is 13.9 Å². The lowest BCUT2D eigenvalue weighted by Crippen LogP contribution is -2.27. The van der Waals surface area contributed by atoms with Crippen LogP contribution in [0.1, 0.15) is 30.9 Å². The molecule has 1 heterocycles. The highest BCUT2D eigenvalue weighted by Gasteiger charge is 2.28. The number of ether oxygens (including phenoxy) is 2. The molecule has 1 aromatic heterocycles. The van der Waals surface area contributed by atoms with E-state index in [4.69, 9.17) is 9.47 Å². The van der Waals surface area contributed by atoms with Gasteiger partial charge in [0.15, 0.2) is 6.29 Å². The molecule has 2 aromatic rings. The lowest BCUT2D eigenvalue weighted by molar-refractivity contribution is -0.144. The first-order chi connectivity index (χ1) is 10.3. The van der Waals surface area contributed by atoms with Gasteiger partial charge in [-0.1, -0.05) is 30.3 Å². The zero-order valence-corrected chi connectivity index (χ0v) is 12.3. The topological polar surface area (TPSA) is 31.4 Å². The van der Waals surface area contributed by atoms with Gasteiger partial charge in [0, 0.05) is 25.0 Å². The number of nitrogens with zero attached hydrogens (tertiary/aromatic N) is 1. The Bertz CT molecular complexity index is 541. The molecule has 0 aliphatic heterocycles. The molecule has 2 rings (SSSR count). The Morgan fingerprint density at radius 1 is 1.05 bits per heavy atom. The van der Waals surface area contributed by atoms with Crippen LogP contribution in [0.3, 0.4) is 0 Å². The third-order valence-corrected chi connectivity index (χ3v) is 3.23. The van der Waals surface area contributed by atoms with Gasteiger partial charge in [0.2, 0.25) is 0 Å². The van der Waals surface area contributed by atoms with E-state index >= 15 is 0 Å². The molecule has 4 heteroatoms. The maximum atomic E-state index is 14.2. The molecule has 0 saturated carbocycles. The fourth-order valence-corrected chi connectivity index (χ4v) is 2.35. The quantitative estimate of drug-likeness (QED) is 0.727. The number of aromatic nitrogens is 1. The van der Waals surface area contributed by atoms with Crippen LogP contribution in [0.15, 0.2) is 48.8 Å². The summed E-state index contributed by atoms with van der Waals surface area (Å²) in [5.74, 6) is -0.676. The van der Waals surface area contributed by atoms with Gasteiger partial charge in [-0.2, -0.15) is 0 Å². The molecule has 0 aliphatic rings. The van der Waals surface area contributed by atoms with Gasteiger partial charge in [-0.25, -0.2) is 4.39 Å². The second kappa shape index (κ2) is 7.86. The number of benzene rings is 1. The Morgan fingerprint density at radius 2 is 1.71 bits per heavy atom. The highest BCUT2D eigenvalue weighted by Crippen LogP contribution is 2.31. The van der Waals surface area contributed by atoms with Crippen molar-refractivity contribution in [1.82, 2.24) is 4.98 Å². The van der Waals surface area contributed by atoms with Crippen molar-refractivity contribution in [3.8, 4) is 0 Å². The summed E-state index contributed by atoms with van der Waals surface area (Å²) in [4.78, 5) is 3.82. The summed E-state index contributed by atoms with van der Waals surface area (Å²) in [5.41, 5.74) is 1.48. The average Bonchev–Trinajstić information content (AvgIpc) is 2.51. The first-order valence-electron chi connectivity index (χ1n) is 7.15. The molecule has 0 aliphatic carbocycles. The summed E-state index contributed by atoms with van der Waals surface area (Å²) in [5, 5.41) is 0. The van der Waals surface area contributed by atoms with Crippen LogP contribution in [0.2, 0.25) is 0 Å². The Hall–Kier alpha value is -1.78. The van der Waals surface area contributed by atoms with E-state index in [2.05, 4.69) is 4.98 Å². The number of hydrogen-bond donors (Lipinski definition) is 0. The van der Waals surface area contributed by atoms with Crippen LogP contribution >= 0.6 is 0 Å². The van der Waals surface area contributed by atoms with Gasteiger partial charge in [-0.05, 0) is 25.5 Å². The van der Waals surface area contributed by atoms with Gasteiger partial charge < -0.3 is 9.47 Å². The van der Waals surface area contributed by atoms with Crippen molar-refractivity contribution in [3.63, 3.8) is 0 Å². The third kappa shape index (κ3) is 3.86. The van der Waals surface area contributed by atoms with E-state index in [1.807, 2.05) is 44.2 Å². The maximum Gasteiger partial charge on any atom is 0.168 e. The Balaban J connectivity index is 2.46. The summed E-state index contributed by atoms with van der Waals surface area (Å²) < 4.78 is 25.6. The molecule has 1 atom stereocenters. The summed E-state index contributed by atoms with van der Waals surface area (Å²) in [6.07, 6.45) is 2.28. The van der Waals surface area contributed by atoms with E-state index in [9.17, 15) is 4.39 Å². The highest BCUT2D eigenvalue weighted by molar-refractivity contribution is 5.33. The summed E-state index contributed by atoms with van der Waals surface area (Å²) >= 11 is 0. The molecule has 1 aromatic carbocycles. The molecule has 0 radical (unpaired) electrons. The minimum atomic E-state index is -0.528. The minimum Gasteiger partial charge on any atom is -0.352 e. The maximum absolute atomic E-state index is 14.2. The summed E-state index contributed by atoms with van der Waals surface area (Å²) in [6, 6.07) is 11.4. The van der Waals surface area contributed by atoms with Crippen LogP contribution < -0.4 is 0 Å². The predicted octanol–water partition coefficient (Wildman–Crippen LogP) is 3.75. The Labute approximate surface area is 124 Å². The van der Waals surface area contributed by atoms with Crippen LogP contribution in [0.4, 0.5) is 4.39 Å². The number of halogens is 1. The van der Waals surface area contributed by atoms with Gasteiger partial charge in [0.05, 0.1) is 12.1 Å². The minimum absolute atomic E-state index is 0.325. The zero-order chi connectivity index (χ0) is 15.1. The van der Waals surface area contributed by atoms with E-state index in [0.29, 0.717) is 18.8 Å². The van der Waals surface area contributed by atoms with Crippen LogP contribution in [0, 0.1) is 5.82 Å². The summed E-state index contributed by atoms with van der Waals surface area (Å²) in [7, 11) is 0. The van der Waals surface area contributed by atoms with E-state index in [1.54, 1.807) is 12.3 Å². The third-order valence-electron chi connectivity index (χ3n) is 3.23. The van der Waals surface area contributed by atoms with Crippen molar-refractivity contribution in [2.24, 2.45) is 0 Å². The zero-order valence-electron chi connectivity index (χ0n) is 12.3. The van der Waals surface area contributed by atoms with Crippen molar-refractivity contribution in [2.45, 2.75) is 26.1 Å². The molecule has 3 nitrogen and oxygen atoms in total. The molecule has 0 amide bonds. The lowest BCUT2D eigenvalue weighted by Gasteiger charge is -2.27. The molecule has 0 N–H and O–H groups in total. The first kappa shape index (κ1) is 15.6. The van der Waals surface area contributed by atoms with E-state index < -0.39 is 6.29 Å². The smallest absolute Gasteiger partial charge is 0.168 e. The number of pyridine rings is 1. The van der Waals surface area contributed by atoms with Crippen molar-refractivity contribution in [1.29, 1.82) is 0 Å². The second-order valence-electron chi connectivity index (χ2n) is 4.56. The first-order valence-corrected chi connectivity index (χ1v) is 7.15. The van der Waals surface area contributed by atoms with Gasteiger partial charge in [-0.15, -0.1) is 0 Å². The molecule has 0 fully saturated rings. The molecule has 0 bridgehead atoms. The summed E-state index contributed by atoms with van der Waals surface area (Å²) in [6.45, 7) is 4.80. The van der Waals surface area contributed by atoms with Gasteiger partial charge in [-0.3, -0.25) is 4.98 Å². The molecule has 21 heavy (non-hydrogen) atoms. The SMILES string of the molecule is CCOC(OCC)C(c1ccccc1)c1ccncc1F. The van der Waals surface area contributed by atoms with Crippen LogP contribution in [-0.2, 0) is 9.47 Å². The van der Waals surface area contributed by atoms with Crippen molar-refractivity contribution in [2.75, 3.05) is 13.2 Å². The Kier molecular flexibility index (Phi) is 5.84. The van der Waals surface area contributed by atoms with E-state index in [1.165, 1.54) is 6.20 Å². The molecular weight excluding hydrogens is 269 g/mol. The second-order valence-corrected chi connectivity index (χ2v) is 4.56. The predicted molar refractivity (Wildman–Crippen MR) is 79.5 cm³/mol. The van der Waals surface area contributed by atoms with Crippen molar-refractivity contribution in [3.05, 3.63) is 65.7 Å². The normalized spacial score (nSPS) is 12.6. The van der Waals surface area contributed by atoms with Gasteiger partial charge >= 0.3 is 0 Å². The monoisotopic (exact) mass is 289 g/mol. The van der Waals surface area contributed by atoms with Crippen LogP contribution in [0.5, 0.6) is 0 Å². The van der Waals surface area contributed by atoms with E-state index in [-0.39, 0.29) is 11.7 Å². The van der Waals surface area contributed by atoms with Crippen LogP contribution in [-0.4, -0.2) is 24.5 Å². The van der Waals surface area contributed by atoms with E-state index in [0.717, 1.165) is 5.56 Å². The number of hydrogen-bond acceptors (Lipinski definition) is 3. The molecule has 0 spiro atoms. The molecule has 0 saturated heterocycles. The lowest BCUT2D eigenvalue weighted by atomic mass is 9.91. The van der Waals surface area contributed by atoms with Gasteiger partial charge in [0.25, 0.3) is 0 Å². The van der Waals surface area contributed by atoms with Crippen LogP contribution in [0.25, 0.3) is 0 Å². The fraction of sp³-hybridized carbons (Fsp3) is 0.353. The highest BCUT2D eigenvalue weighted by atomic mass is 19.1. The van der Waals surface area contributed by atoms with Crippen molar-refractivity contribution >= 4 is 0 Å². The largest absolute Gasteiger partial charge is 0.352 e. The average molecular weight is 289 g/mol. The molecule has 112 valence electrons. The fourth-order valence-electron chi connectivity index (χ4n) is 2.35. The van der Waals surface area contributed by atoms with Gasteiger partial charge in [0.1, 0.15) is 5.82 Å². The molecule has 1 unspecified atom stereocenters.